The highest BCUT2D eigenvalue weighted by Crippen LogP contribution is 2.39. The molecule has 0 bridgehead atoms. The highest BCUT2D eigenvalue weighted by Gasteiger charge is 2.30. The maximum Gasteiger partial charge on any atom is 0.354 e. The van der Waals surface area contributed by atoms with Gasteiger partial charge in [-0.05, 0) is 72.9 Å². The van der Waals surface area contributed by atoms with Crippen molar-refractivity contribution in [3.8, 4) is 5.75 Å². The van der Waals surface area contributed by atoms with Gasteiger partial charge in [0.05, 0.1) is 6.10 Å². The lowest BCUT2D eigenvalue weighted by atomic mass is 9.72. The van der Waals surface area contributed by atoms with Gasteiger partial charge in [-0.1, -0.05) is 52.5 Å². The first-order valence-corrected chi connectivity index (χ1v) is 11.6. The number of hydrogen-bond acceptors (Lipinski definition) is 3. The van der Waals surface area contributed by atoms with Crippen LogP contribution in [0.1, 0.15) is 88.3 Å². The number of pyridine rings is 1. The van der Waals surface area contributed by atoms with Crippen LogP contribution >= 0.6 is 0 Å². The van der Waals surface area contributed by atoms with E-state index < -0.39 is 5.97 Å². The lowest BCUT2D eigenvalue weighted by molar-refractivity contribution is 0.0690. The third-order valence-electron chi connectivity index (χ3n) is 7.26. The Morgan fingerprint density at radius 2 is 1.77 bits per heavy atom. The number of ether oxygens (including phenoxy) is 1. The number of aromatic nitrogens is 1. The van der Waals surface area contributed by atoms with Crippen molar-refractivity contribution in [2.45, 2.75) is 84.7 Å². The molecule has 2 fully saturated rings. The summed E-state index contributed by atoms with van der Waals surface area (Å²) < 4.78 is 6.38. The van der Waals surface area contributed by atoms with Crippen LogP contribution in [-0.2, 0) is 6.42 Å². The Morgan fingerprint density at radius 1 is 1.07 bits per heavy atom. The van der Waals surface area contributed by atoms with Crippen molar-refractivity contribution < 1.29 is 14.6 Å². The summed E-state index contributed by atoms with van der Waals surface area (Å²) in [7, 11) is 0. The third-order valence-corrected chi connectivity index (χ3v) is 7.26. The van der Waals surface area contributed by atoms with Gasteiger partial charge in [-0.2, -0.15) is 0 Å². The Morgan fingerprint density at radius 3 is 2.40 bits per heavy atom. The molecule has 0 saturated heterocycles. The SMILES string of the molecule is CC(C)(C)[C@H]1CC[C@H](Oc2ccc3cc(C(=O)O)nc(CC4CCCC4)c3c2)CC1. The molecule has 0 aliphatic heterocycles. The normalized spacial score (nSPS) is 23.0. The smallest absolute Gasteiger partial charge is 0.354 e. The molecule has 1 heterocycles. The quantitative estimate of drug-likeness (QED) is 0.600. The average molecular weight is 410 g/mol. The minimum atomic E-state index is -0.958. The zero-order chi connectivity index (χ0) is 21.3. The second-order valence-electron chi connectivity index (χ2n) is 10.5. The lowest BCUT2D eigenvalue weighted by Gasteiger charge is -2.37. The second kappa shape index (κ2) is 8.56. The summed E-state index contributed by atoms with van der Waals surface area (Å²) in [6, 6.07) is 7.77. The molecule has 1 aromatic heterocycles. The highest BCUT2D eigenvalue weighted by molar-refractivity contribution is 5.94. The van der Waals surface area contributed by atoms with E-state index in [1.165, 1.54) is 38.5 Å². The van der Waals surface area contributed by atoms with Crippen molar-refractivity contribution in [1.82, 2.24) is 4.98 Å². The first-order valence-electron chi connectivity index (χ1n) is 11.6. The molecular formula is C26H35NO3. The van der Waals surface area contributed by atoms with E-state index in [2.05, 4.69) is 31.8 Å². The van der Waals surface area contributed by atoms with Gasteiger partial charge in [0.1, 0.15) is 11.4 Å². The number of aromatic carboxylic acids is 1. The topological polar surface area (TPSA) is 59.4 Å². The molecule has 2 aliphatic rings. The van der Waals surface area contributed by atoms with E-state index in [4.69, 9.17) is 4.74 Å². The van der Waals surface area contributed by atoms with Crippen LogP contribution in [0.3, 0.4) is 0 Å². The molecule has 4 rings (SSSR count). The molecule has 4 nitrogen and oxygen atoms in total. The summed E-state index contributed by atoms with van der Waals surface area (Å²) in [5, 5.41) is 11.5. The maximum atomic E-state index is 11.6. The second-order valence-corrected chi connectivity index (χ2v) is 10.5. The summed E-state index contributed by atoms with van der Waals surface area (Å²) in [4.78, 5) is 16.1. The van der Waals surface area contributed by atoms with Crippen LogP contribution < -0.4 is 4.74 Å². The molecular weight excluding hydrogens is 374 g/mol. The van der Waals surface area contributed by atoms with E-state index in [9.17, 15) is 9.90 Å². The van der Waals surface area contributed by atoms with Gasteiger partial charge in [0.15, 0.2) is 0 Å². The molecule has 0 unspecified atom stereocenters. The molecule has 30 heavy (non-hydrogen) atoms. The average Bonchev–Trinajstić information content (AvgIpc) is 3.21. The molecule has 1 N–H and O–H groups in total. The summed E-state index contributed by atoms with van der Waals surface area (Å²) >= 11 is 0. The number of fused-ring (bicyclic) bond motifs is 1. The van der Waals surface area contributed by atoms with Crippen LogP contribution in [0.4, 0.5) is 0 Å². The summed E-state index contributed by atoms with van der Waals surface area (Å²) in [6.07, 6.45) is 10.7. The molecule has 162 valence electrons. The van der Waals surface area contributed by atoms with E-state index in [1.807, 2.05) is 12.1 Å². The Balaban J connectivity index is 1.55. The standard InChI is InChI=1S/C26H35NO3/c1-26(2,3)19-9-12-20(13-10-19)30-21-11-8-18-15-24(25(28)29)27-23(22(18)16-21)14-17-6-4-5-7-17/h8,11,15-17,19-20H,4-7,9-10,12-14H2,1-3H3,(H,28,29)/t19-,20-. The van der Waals surface area contributed by atoms with Crippen molar-refractivity contribution in [1.29, 1.82) is 0 Å². The minimum absolute atomic E-state index is 0.143. The largest absolute Gasteiger partial charge is 0.490 e. The predicted octanol–water partition coefficient (Wildman–Crippen LogP) is 6.65. The Labute approximate surface area is 180 Å². The van der Waals surface area contributed by atoms with E-state index in [0.717, 1.165) is 47.4 Å². The monoisotopic (exact) mass is 409 g/mol. The van der Waals surface area contributed by atoms with Crippen LogP contribution in [0.15, 0.2) is 24.3 Å². The predicted molar refractivity (Wildman–Crippen MR) is 120 cm³/mol. The number of nitrogens with zero attached hydrogens (tertiary/aromatic N) is 1. The van der Waals surface area contributed by atoms with Crippen LogP contribution in [0, 0.1) is 17.3 Å². The molecule has 0 radical (unpaired) electrons. The van der Waals surface area contributed by atoms with Crippen molar-refractivity contribution >= 4 is 16.7 Å². The Hall–Kier alpha value is -2.10. The third kappa shape index (κ3) is 4.79. The van der Waals surface area contributed by atoms with Gasteiger partial charge in [-0.25, -0.2) is 9.78 Å². The van der Waals surface area contributed by atoms with E-state index >= 15 is 0 Å². The Kier molecular flexibility index (Phi) is 6.04. The lowest BCUT2D eigenvalue weighted by Crippen LogP contribution is -2.30. The molecule has 0 atom stereocenters. The fourth-order valence-corrected chi connectivity index (χ4v) is 5.36. The van der Waals surface area contributed by atoms with Gasteiger partial charge in [0, 0.05) is 11.1 Å². The van der Waals surface area contributed by atoms with Gasteiger partial charge >= 0.3 is 5.97 Å². The molecule has 4 heteroatoms. The van der Waals surface area contributed by atoms with Crippen LogP contribution in [0.5, 0.6) is 5.75 Å². The van der Waals surface area contributed by atoms with Gasteiger partial charge in [-0.15, -0.1) is 0 Å². The number of benzene rings is 1. The molecule has 0 spiro atoms. The molecule has 2 aromatic rings. The summed E-state index contributed by atoms with van der Waals surface area (Å²) in [6.45, 7) is 7.02. The van der Waals surface area contributed by atoms with Crippen molar-refractivity contribution in [3.05, 3.63) is 35.7 Å². The maximum absolute atomic E-state index is 11.6. The first kappa shape index (κ1) is 21.1. The number of carboxylic acids is 1. The van der Waals surface area contributed by atoms with Gasteiger partial charge in [0.25, 0.3) is 0 Å². The molecule has 2 saturated carbocycles. The Bertz CT molecular complexity index is 900. The van der Waals surface area contributed by atoms with Crippen LogP contribution in [0.25, 0.3) is 10.8 Å². The molecule has 0 amide bonds. The fourth-order valence-electron chi connectivity index (χ4n) is 5.36. The molecule has 1 aromatic carbocycles. The van der Waals surface area contributed by atoms with E-state index in [0.29, 0.717) is 11.3 Å². The van der Waals surface area contributed by atoms with Crippen molar-refractivity contribution in [2.75, 3.05) is 0 Å². The molecule has 2 aliphatic carbocycles. The van der Waals surface area contributed by atoms with Gasteiger partial charge in [-0.3, -0.25) is 0 Å². The van der Waals surface area contributed by atoms with Crippen molar-refractivity contribution in [3.63, 3.8) is 0 Å². The van der Waals surface area contributed by atoms with Gasteiger partial charge < -0.3 is 9.84 Å². The number of carbonyl (C=O) groups is 1. The number of carboxylic acid groups (broad SMARTS) is 1. The van der Waals surface area contributed by atoms with Crippen LogP contribution in [0.2, 0.25) is 0 Å². The van der Waals surface area contributed by atoms with Crippen molar-refractivity contribution in [2.24, 2.45) is 17.3 Å². The number of hydrogen-bond donors (Lipinski definition) is 1. The summed E-state index contributed by atoms with van der Waals surface area (Å²) in [5.74, 6) is 1.31. The fraction of sp³-hybridized carbons (Fsp3) is 0.615. The summed E-state index contributed by atoms with van der Waals surface area (Å²) in [5.41, 5.74) is 1.43. The zero-order valence-corrected chi connectivity index (χ0v) is 18.6. The number of rotatable bonds is 5. The zero-order valence-electron chi connectivity index (χ0n) is 18.6. The van der Waals surface area contributed by atoms with E-state index in [-0.39, 0.29) is 11.8 Å². The minimum Gasteiger partial charge on any atom is -0.490 e. The van der Waals surface area contributed by atoms with Gasteiger partial charge in [0.2, 0.25) is 0 Å². The highest BCUT2D eigenvalue weighted by atomic mass is 16.5. The van der Waals surface area contributed by atoms with E-state index in [1.54, 1.807) is 6.07 Å². The van der Waals surface area contributed by atoms with Crippen LogP contribution in [-0.4, -0.2) is 22.2 Å². The first-order chi connectivity index (χ1) is 14.3.